The molecule has 0 saturated heterocycles. The van der Waals surface area contributed by atoms with E-state index >= 15 is 0 Å². The molecule has 1 heterocycles. The first-order valence-electron chi connectivity index (χ1n) is 5.95. The predicted molar refractivity (Wildman–Crippen MR) is 63.7 cm³/mol. The van der Waals surface area contributed by atoms with E-state index < -0.39 is 54.9 Å². The van der Waals surface area contributed by atoms with Crippen LogP contribution in [0.4, 0.5) is 4.79 Å². The van der Waals surface area contributed by atoms with Gasteiger partial charge < -0.3 is 34.8 Å². The highest BCUT2D eigenvalue weighted by Gasteiger charge is 2.41. The van der Waals surface area contributed by atoms with E-state index in [1.807, 2.05) is 5.32 Å². The summed E-state index contributed by atoms with van der Waals surface area (Å²) in [6.07, 6.45) is -4.27. The Labute approximate surface area is 118 Å². The summed E-state index contributed by atoms with van der Waals surface area (Å²) in [4.78, 5) is 33.7. The lowest BCUT2D eigenvalue weighted by atomic mass is 10.2. The van der Waals surface area contributed by atoms with Crippen molar-refractivity contribution in [3.63, 3.8) is 0 Å². The number of alkyl carbamates (subject to hydrolysis) is 1. The highest BCUT2D eigenvalue weighted by atomic mass is 16.6. The van der Waals surface area contributed by atoms with Gasteiger partial charge in [0, 0.05) is 0 Å². The number of carbonyl (C=O) groups excluding carboxylic acids is 3. The van der Waals surface area contributed by atoms with E-state index in [4.69, 9.17) is 5.11 Å². The number of hydrogen-bond donors (Lipinski definition) is 4. The number of ether oxygens (including phenoxy) is 3. The summed E-state index contributed by atoms with van der Waals surface area (Å²) in [6, 6.07) is 0. The average molecular weight is 305 g/mol. The quantitative estimate of drug-likeness (QED) is 0.333. The third-order valence-electron chi connectivity index (χ3n) is 2.34. The first-order chi connectivity index (χ1) is 9.90. The average Bonchev–Trinajstić information content (AvgIpc) is 2.72. The van der Waals surface area contributed by atoms with Gasteiger partial charge in [-0.25, -0.2) is 9.59 Å². The second-order valence-electron chi connectivity index (χ2n) is 3.84. The first-order valence-corrected chi connectivity index (χ1v) is 5.95. The first kappa shape index (κ1) is 16.7. The highest BCUT2D eigenvalue weighted by molar-refractivity contribution is 5.92. The molecular weight excluding hydrogens is 290 g/mol. The topological polar surface area (TPSA) is 152 Å². The fraction of sp³-hybridized carbons (Fsp3) is 0.545. The molecule has 118 valence electrons. The van der Waals surface area contributed by atoms with Crippen LogP contribution in [0, 0.1) is 0 Å². The molecule has 0 spiro atoms. The van der Waals surface area contributed by atoms with Crippen LogP contribution < -0.4 is 5.32 Å². The maximum absolute atomic E-state index is 11.4. The second kappa shape index (κ2) is 7.45. The molecule has 1 unspecified atom stereocenters. The van der Waals surface area contributed by atoms with Crippen LogP contribution >= 0.6 is 0 Å². The van der Waals surface area contributed by atoms with Crippen molar-refractivity contribution in [1.29, 1.82) is 0 Å². The minimum atomic E-state index is -1.56. The van der Waals surface area contributed by atoms with E-state index in [9.17, 15) is 24.6 Å². The SMILES string of the molecule is CCOC(=O)CNC(=O)OC1=C(O)C([C@@H](O)CO)OC1=O. The summed E-state index contributed by atoms with van der Waals surface area (Å²) in [5.41, 5.74) is 0. The molecule has 0 radical (unpaired) electrons. The molecule has 1 aliphatic heterocycles. The van der Waals surface area contributed by atoms with Gasteiger partial charge in [0.1, 0.15) is 12.6 Å². The van der Waals surface area contributed by atoms with Gasteiger partial charge in [-0.3, -0.25) is 4.79 Å². The van der Waals surface area contributed by atoms with Crippen molar-refractivity contribution in [1.82, 2.24) is 5.32 Å². The van der Waals surface area contributed by atoms with Crippen molar-refractivity contribution in [3.05, 3.63) is 11.5 Å². The monoisotopic (exact) mass is 305 g/mol. The van der Waals surface area contributed by atoms with Gasteiger partial charge in [0.15, 0.2) is 11.9 Å². The van der Waals surface area contributed by atoms with Gasteiger partial charge in [0.05, 0.1) is 13.2 Å². The fourth-order valence-electron chi connectivity index (χ4n) is 1.39. The number of hydrogen-bond acceptors (Lipinski definition) is 9. The molecule has 0 aromatic rings. The molecule has 0 saturated carbocycles. The number of cyclic esters (lactones) is 1. The predicted octanol–water partition coefficient (Wildman–Crippen LogP) is -1.68. The zero-order valence-electron chi connectivity index (χ0n) is 11.1. The van der Waals surface area contributed by atoms with Crippen molar-refractivity contribution < 1.29 is 43.9 Å². The molecule has 1 amide bonds. The minimum Gasteiger partial charge on any atom is -0.505 e. The molecule has 21 heavy (non-hydrogen) atoms. The molecule has 2 atom stereocenters. The molecule has 0 aromatic carbocycles. The van der Waals surface area contributed by atoms with Crippen molar-refractivity contribution in [3.8, 4) is 0 Å². The lowest BCUT2D eigenvalue weighted by molar-refractivity contribution is -0.147. The van der Waals surface area contributed by atoms with Crippen LogP contribution in [0.5, 0.6) is 0 Å². The van der Waals surface area contributed by atoms with Gasteiger partial charge in [-0.1, -0.05) is 0 Å². The summed E-state index contributed by atoms with van der Waals surface area (Å²) < 4.78 is 13.6. The molecule has 10 heteroatoms. The number of carbonyl (C=O) groups is 3. The molecule has 4 N–H and O–H groups in total. The van der Waals surface area contributed by atoms with Crippen LogP contribution in [0.25, 0.3) is 0 Å². The number of aliphatic hydroxyl groups excluding tert-OH is 3. The Balaban J connectivity index is 2.60. The lowest BCUT2D eigenvalue weighted by Crippen LogP contribution is -2.31. The van der Waals surface area contributed by atoms with Gasteiger partial charge in [-0.05, 0) is 6.92 Å². The van der Waals surface area contributed by atoms with E-state index in [2.05, 4.69) is 14.2 Å². The van der Waals surface area contributed by atoms with Crippen LogP contribution in [0.2, 0.25) is 0 Å². The molecule has 0 aliphatic carbocycles. The number of amides is 1. The molecule has 0 aromatic heterocycles. The summed E-state index contributed by atoms with van der Waals surface area (Å²) in [6.45, 7) is 0.456. The molecule has 1 aliphatic rings. The van der Waals surface area contributed by atoms with Gasteiger partial charge in [0.2, 0.25) is 0 Å². The smallest absolute Gasteiger partial charge is 0.413 e. The Morgan fingerprint density at radius 3 is 2.71 bits per heavy atom. The van der Waals surface area contributed by atoms with E-state index in [1.54, 1.807) is 6.92 Å². The van der Waals surface area contributed by atoms with Crippen LogP contribution in [0.15, 0.2) is 11.5 Å². The zero-order chi connectivity index (χ0) is 16.0. The number of aliphatic hydroxyl groups is 3. The number of nitrogens with one attached hydrogen (secondary N) is 1. The summed E-state index contributed by atoms with van der Waals surface area (Å²) in [5, 5.41) is 29.6. The van der Waals surface area contributed by atoms with Gasteiger partial charge in [0.25, 0.3) is 5.76 Å². The van der Waals surface area contributed by atoms with Crippen LogP contribution in [-0.4, -0.2) is 65.3 Å². The zero-order valence-corrected chi connectivity index (χ0v) is 11.1. The number of esters is 2. The van der Waals surface area contributed by atoms with E-state index in [0.717, 1.165) is 0 Å². The summed E-state index contributed by atoms with van der Waals surface area (Å²) in [5.74, 6) is -3.55. The van der Waals surface area contributed by atoms with Gasteiger partial charge in [-0.15, -0.1) is 0 Å². The summed E-state index contributed by atoms with van der Waals surface area (Å²) in [7, 11) is 0. The van der Waals surface area contributed by atoms with Crippen molar-refractivity contribution in [2.75, 3.05) is 19.8 Å². The van der Waals surface area contributed by atoms with Crippen molar-refractivity contribution >= 4 is 18.0 Å². The molecule has 0 bridgehead atoms. The Hall–Kier alpha value is -2.33. The molecule has 10 nitrogen and oxygen atoms in total. The Kier molecular flexibility index (Phi) is 5.93. The maximum Gasteiger partial charge on any atom is 0.413 e. The fourth-order valence-corrected chi connectivity index (χ4v) is 1.39. The van der Waals surface area contributed by atoms with E-state index in [0.29, 0.717) is 0 Å². The largest absolute Gasteiger partial charge is 0.505 e. The van der Waals surface area contributed by atoms with E-state index in [-0.39, 0.29) is 6.61 Å². The van der Waals surface area contributed by atoms with Crippen LogP contribution in [0.1, 0.15) is 6.92 Å². The van der Waals surface area contributed by atoms with Crippen molar-refractivity contribution in [2.24, 2.45) is 0 Å². The van der Waals surface area contributed by atoms with Crippen LogP contribution in [-0.2, 0) is 23.8 Å². The maximum atomic E-state index is 11.4. The lowest BCUT2D eigenvalue weighted by Gasteiger charge is -2.13. The van der Waals surface area contributed by atoms with Gasteiger partial charge in [-0.2, -0.15) is 0 Å². The highest BCUT2D eigenvalue weighted by Crippen LogP contribution is 2.24. The third kappa shape index (κ3) is 4.33. The van der Waals surface area contributed by atoms with Crippen LogP contribution in [0.3, 0.4) is 0 Å². The standard InChI is InChI=1S/C11H15NO9/c1-2-19-6(15)3-12-11(18)21-9-7(16)8(5(14)4-13)20-10(9)17/h5,8,13-14,16H,2-4H2,1H3,(H,12,18)/t5-,8?/m0/s1. The summed E-state index contributed by atoms with van der Waals surface area (Å²) >= 11 is 0. The van der Waals surface area contributed by atoms with E-state index in [1.165, 1.54) is 0 Å². The molecule has 0 fully saturated rings. The Morgan fingerprint density at radius 2 is 2.14 bits per heavy atom. The molecular formula is C11H15NO9. The molecule has 1 rings (SSSR count). The second-order valence-corrected chi connectivity index (χ2v) is 3.84. The minimum absolute atomic E-state index is 0.133. The Morgan fingerprint density at radius 1 is 1.48 bits per heavy atom. The third-order valence-corrected chi connectivity index (χ3v) is 2.34. The Bertz CT molecular complexity index is 459. The van der Waals surface area contributed by atoms with Gasteiger partial charge >= 0.3 is 18.0 Å². The number of rotatable bonds is 6. The van der Waals surface area contributed by atoms with Crippen molar-refractivity contribution in [2.45, 2.75) is 19.1 Å². The normalized spacial score (nSPS) is 19.0.